The van der Waals surface area contributed by atoms with E-state index in [2.05, 4.69) is 4.72 Å². The number of aliphatic carboxylic acids is 1. The summed E-state index contributed by atoms with van der Waals surface area (Å²) in [5.41, 5.74) is -0.397. The summed E-state index contributed by atoms with van der Waals surface area (Å²) < 4.78 is 27.7. The summed E-state index contributed by atoms with van der Waals surface area (Å²) in [5.74, 6) is -0.945. The third kappa shape index (κ3) is 3.11. The molecule has 0 aromatic heterocycles. The maximum Gasteiger partial charge on any atom is 0.310 e. The highest BCUT2D eigenvalue weighted by Crippen LogP contribution is 2.37. The molecule has 2 unspecified atom stereocenters. The molecule has 5 nitrogen and oxygen atoms in total. The molecule has 21 heavy (non-hydrogen) atoms. The molecule has 1 saturated carbocycles. The standard InChI is InChI=1S/C15H21NO4S/c1-11-7-3-4-8-12(11)21(19,20)16-13-9-5-6-10-15(13,2)14(17)18/h3-4,7-8,13,16H,5-6,9-10H2,1-2H3,(H,17,18). The van der Waals surface area contributed by atoms with Crippen LogP contribution < -0.4 is 4.72 Å². The van der Waals surface area contributed by atoms with Gasteiger partial charge in [-0.2, -0.15) is 0 Å². The molecular weight excluding hydrogens is 290 g/mol. The van der Waals surface area contributed by atoms with Gasteiger partial charge in [-0.25, -0.2) is 13.1 Å². The molecule has 2 N–H and O–H groups in total. The van der Waals surface area contributed by atoms with Gasteiger partial charge in [0, 0.05) is 6.04 Å². The number of nitrogens with one attached hydrogen (secondary N) is 1. The van der Waals surface area contributed by atoms with Gasteiger partial charge in [0.1, 0.15) is 0 Å². The summed E-state index contributed by atoms with van der Waals surface area (Å²) in [7, 11) is -3.71. The number of carboxylic acids is 1. The second kappa shape index (κ2) is 5.77. The van der Waals surface area contributed by atoms with Crippen molar-refractivity contribution in [2.24, 2.45) is 5.41 Å². The van der Waals surface area contributed by atoms with Crippen molar-refractivity contribution >= 4 is 16.0 Å². The van der Waals surface area contributed by atoms with E-state index in [1.807, 2.05) is 0 Å². The Morgan fingerprint density at radius 2 is 2.00 bits per heavy atom. The van der Waals surface area contributed by atoms with Gasteiger partial charge >= 0.3 is 5.97 Å². The second-order valence-electron chi connectivity index (χ2n) is 5.91. The van der Waals surface area contributed by atoms with Crippen LogP contribution in [0.1, 0.15) is 38.2 Å². The van der Waals surface area contributed by atoms with Crippen molar-refractivity contribution in [3.8, 4) is 0 Å². The Morgan fingerprint density at radius 1 is 1.33 bits per heavy atom. The van der Waals surface area contributed by atoms with Gasteiger partial charge in [0.15, 0.2) is 0 Å². The largest absolute Gasteiger partial charge is 0.481 e. The van der Waals surface area contributed by atoms with Crippen molar-refractivity contribution < 1.29 is 18.3 Å². The third-order valence-corrected chi connectivity index (χ3v) is 6.01. The van der Waals surface area contributed by atoms with Crippen LogP contribution in [0.4, 0.5) is 0 Å². The quantitative estimate of drug-likeness (QED) is 0.893. The fraction of sp³-hybridized carbons (Fsp3) is 0.533. The highest BCUT2D eigenvalue weighted by molar-refractivity contribution is 7.89. The first kappa shape index (κ1) is 16.0. The van der Waals surface area contributed by atoms with Gasteiger partial charge in [0.2, 0.25) is 10.0 Å². The maximum absolute atomic E-state index is 12.5. The van der Waals surface area contributed by atoms with E-state index in [9.17, 15) is 18.3 Å². The molecule has 0 saturated heterocycles. The number of benzene rings is 1. The van der Waals surface area contributed by atoms with Crippen molar-refractivity contribution in [3.63, 3.8) is 0 Å². The van der Waals surface area contributed by atoms with Crippen LogP contribution in [-0.2, 0) is 14.8 Å². The zero-order chi connectivity index (χ0) is 15.7. The molecule has 0 aliphatic heterocycles. The number of carboxylic acid groups (broad SMARTS) is 1. The van der Waals surface area contributed by atoms with Gasteiger partial charge in [-0.1, -0.05) is 31.0 Å². The summed E-state index contributed by atoms with van der Waals surface area (Å²) in [4.78, 5) is 11.8. The first-order valence-corrected chi connectivity index (χ1v) is 8.57. The Kier molecular flexibility index (Phi) is 4.39. The van der Waals surface area contributed by atoms with E-state index >= 15 is 0 Å². The smallest absolute Gasteiger partial charge is 0.310 e. The molecule has 1 aliphatic rings. The molecule has 1 aromatic rings. The van der Waals surface area contributed by atoms with Gasteiger partial charge in [-0.3, -0.25) is 4.79 Å². The van der Waals surface area contributed by atoms with E-state index in [1.165, 1.54) is 0 Å². The van der Waals surface area contributed by atoms with Crippen molar-refractivity contribution in [2.45, 2.75) is 50.5 Å². The van der Waals surface area contributed by atoms with E-state index < -0.39 is 27.4 Å². The maximum atomic E-state index is 12.5. The minimum absolute atomic E-state index is 0.211. The summed E-state index contributed by atoms with van der Waals surface area (Å²) >= 11 is 0. The van der Waals surface area contributed by atoms with Gasteiger partial charge < -0.3 is 5.11 Å². The Hall–Kier alpha value is -1.40. The molecule has 1 aliphatic carbocycles. The van der Waals surface area contributed by atoms with Gasteiger partial charge in [-0.15, -0.1) is 0 Å². The molecule has 1 aromatic carbocycles. The fourth-order valence-corrected chi connectivity index (χ4v) is 4.52. The number of carbonyl (C=O) groups is 1. The first-order chi connectivity index (χ1) is 9.77. The van der Waals surface area contributed by atoms with Crippen LogP contribution in [-0.4, -0.2) is 25.5 Å². The average molecular weight is 311 g/mol. The van der Waals surface area contributed by atoms with Gasteiger partial charge in [0.25, 0.3) is 0 Å². The lowest BCUT2D eigenvalue weighted by Gasteiger charge is -2.38. The van der Waals surface area contributed by atoms with Crippen molar-refractivity contribution in [3.05, 3.63) is 29.8 Å². The highest BCUT2D eigenvalue weighted by Gasteiger charge is 2.45. The summed E-state index contributed by atoms with van der Waals surface area (Å²) in [5, 5.41) is 9.46. The highest BCUT2D eigenvalue weighted by atomic mass is 32.2. The van der Waals surface area contributed by atoms with Crippen LogP contribution >= 0.6 is 0 Å². The van der Waals surface area contributed by atoms with E-state index in [0.717, 1.165) is 12.8 Å². The molecule has 2 rings (SSSR count). The van der Waals surface area contributed by atoms with Crippen molar-refractivity contribution in [2.75, 3.05) is 0 Å². The van der Waals surface area contributed by atoms with Crippen LogP contribution in [0, 0.1) is 12.3 Å². The van der Waals surface area contributed by atoms with Crippen LogP contribution in [0.15, 0.2) is 29.2 Å². The van der Waals surface area contributed by atoms with E-state index in [1.54, 1.807) is 38.1 Å². The average Bonchev–Trinajstić information content (AvgIpc) is 2.41. The summed E-state index contributed by atoms with van der Waals surface area (Å²) in [6, 6.07) is 6.13. The molecule has 0 heterocycles. The van der Waals surface area contributed by atoms with Crippen molar-refractivity contribution in [1.29, 1.82) is 0 Å². The van der Waals surface area contributed by atoms with Gasteiger partial charge in [0.05, 0.1) is 10.3 Å². The topological polar surface area (TPSA) is 83.5 Å². The number of hydrogen-bond acceptors (Lipinski definition) is 3. The molecule has 0 radical (unpaired) electrons. The predicted molar refractivity (Wildman–Crippen MR) is 79.5 cm³/mol. The van der Waals surface area contributed by atoms with Crippen LogP contribution in [0.3, 0.4) is 0 Å². The number of sulfonamides is 1. The minimum atomic E-state index is -3.71. The normalized spacial score (nSPS) is 26.5. The molecule has 6 heteroatoms. The Balaban J connectivity index is 2.31. The molecule has 2 atom stereocenters. The summed E-state index contributed by atoms with van der Waals surface area (Å²) in [6.45, 7) is 3.35. The zero-order valence-corrected chi connectivity index (χ0v) is 13.1. The van der Waals surface area contributed by atoms with Crippen LogP contribution in [0.2, 0.25) is 0 Å². The lowest BCUT2D eigenvalue weighted by Crippen LogP contribution is -2.52. The molecule has 0 amide bonds. The molecule has 1 fully saturated rings. The molecule has 116 valence electrons. The Morgan fingerprint density at radius 3 is 2.62 bits per heavy atom. The SMILES string of the molecule is Cc1ccccc1S(=O)(=O)NC1CCCCC1(C)C(=O)O. The monoisotopic (exact) mass is 311 g/mol. The number of aryl methyl sites for hydroxylation is 1. The minimum Gasteiger partial charge on any atom is -0.481 e. The van der Waals surface area contributed by atoms with E-state index in [-0.39, 0.29) is 4.90 Å². The van der Waals surface area contributed by atoms with E-state index in [4.69, 9.17) is 0 Å². The Labute approximate surface area is 125 Å². The van der Waals surface area contributed by atoms with Crippen LogP contribution in [0.5, 0.6) is 0 Å². The molecular formula is C15H21NO4S. The van der Waals surface area contributed by atoms with Crippen molar-refractivity contribution in [1.82, 2.24) is 4.72 Å². The zero-order valence-electron chi connectivity index (χ0n) is 12.3. The van der Waals surface area contributed by atoms with E-state index in [0.29, 0.717) is 18.4 Å². The number of hydrogen-bond donors (Lipinski definition) is 2. The summed E-state index contributed by atoms with van der Waals surface area (Å²) in [6.07, 6.45) is 2.69. The van der Waals surface area contributed by atoms with Gasteiger partial charge in [-0.05, 0) is 38.3 Å². The predicted octanol–water partition coefficient (Wildman–Crippen LogP) is 2.31. The Bertz CT molecular complexity index is 641. The first-order valence-electron chi connectivity index (χ1n) is 7.09. The second-order valence-corrected chi connectivity index (χ2v) is 7.59. The molecule has 0 spiro atoms. The number of rotatable bonds is 4. The fourth-order valence-electron chi connectivity index (χ4n) is 2.89. The lowest BCUT2D eigenvalue weighted by molar-refractivity contribution is -0.151. The lowest BCUT2D eigenvalue weighted by atomic mass is 9.72. The molecule has 0 bridgehead atoms. The van der Waals surface area contributed by atoms with Crippen LogP contribution in [0.25, 0.3) is 0 Å². The third-order valence-electron chi connectivity index (χ3n) is 4.38.